The summed E-state index contributed by atoms with van der Waals surface area (Å²) in [6.45, 7) is 14.7. The van der Waals surface area contributed by atoms with Crippen molar-refractivity contribution in [2.75, 3.05) is 56.0 Å². The summed E-state index contributed by atoms with van der Waals surface area (Å²) in [4.78, 5) is 30.8. The van der Waals surface area contributed by atoms with Gasteiger partial charge in [0, 0.05) is 57.1 Å². The smallest absolute Gasteiger partial charge is 0.410 e. The highest BCUT2D eigenvalue weighted by atomic mass is 16.6. The third-order valence-electron chi connectivity index (χ3n) is 6.49. The number of likely N-dealkylation sites (tertiary alicyclic amines) is 1. The fourth-order valence-corrected chi connectivity index (χ4v) is 4.53. The Balaban J connectivity index is 1.34. The van der Waals surface area contributed by atoms with Crippen LogP contribution in [0.5, 0.6) is 0 Å². The highest BCUT2D eigenvalue weighted by Crippen LogP contribution is 2.24. The molecule has 2 heterocycles. The monoisotopic (exact) mass is 458 g/mol. The van der Waals surface area contributed by atoms with E-state index in [-0.39, 0.29) is 12.0 Å². The van der Waals surface area contributed by atoms with Gasteiger partial charge in [-0.15, -0.1) is 0 Å². The Morgan fingerprint density at radius 1 is 1.00 bits per heavy atom. The number of nitrogens with zero attached hydrogens (tertiary/aromatic N) is 3. The van der Waals surface area contributed by atoms with Gasteiger partial charge in [0.2, 0.25) is 5.91 Å². The van der Waals surface area contributed by atoms with Gasteiger partial charge in [-0.3, -0.25) is 9.69 Å². The van der Waals surface area contributed by atoms with Gasteiger partial charge in [-0.25, -0.2) is 4.79 Å². The summed E-state index contributed by atoms with van der Waals surface area (Å²) in [5.74, 6) is 0.770. The number of nitrogens with one attached hydrogen (secondary N) is 1. The molecule has 0 saturated carbocycles. The Morgan fingerprint density at radius 2 is 1.64 bits per heavy atom. The first-order valence-electron chi connectivity index (χ1n) is 12.6. The predicted molar refractivity (Wildman–Crippen MR) is 134 cm³/mol. The summed E-state index contributed by atoms with van der Waals surface area (Å²) in [6, 6.07) is 8.21. The summed E-state index contributed by atoms with van der Waals surface area (Å²) >= 11 is 0. The van der Waals surface area contributed by atoms with Crippen LogP contribution in [-0.2, 0) is 9.53 Å². The van der Waals surface area contributed by atoms with Crippen molar-refractivity contribution in [1.82, 2.24) is 9.80 Å². The molecule has 33 heavy (non-hydrogen) atoms. The molecule has 1 aromatic rings. The number of anilines is 2. The van der Waals surface area contributed by atoms with Gasteiger partial charge in [0.1, 0.15) is 5.60 Å². The van der Waals surface area contributed by atoms with Gasteiger partial charge in [-0.05, 0) is 83.2 Å². The lowest BCUT2D eigenvalue weighted by molar-refractivity contribution is -0.116. The van der Waals surface area contributed by atoms with E-state index in [2.05, 4.69) is 27.2 Å². The molecule has 2 amide bonds. The number of piperazine rings is 1. The maximum Gasteiger partial charge on any atom is 0.410 e. The van der Waals surface area contributed by atoms with Crippen LogP contribution in [0.15, 0.2) is 24.3 Å². The highest BCUT2D eigenvalue weighted by molar-refractivity contribution is 5.90. The Morgan fingerprint density at radius 3 is 2.21 bits per heavy atom. The maximum absolute atomic E-state index is 12.2. The molecule has 184 valence electrons. The Hall–Kier alpha value is -2.28. The van der Waals surface area contributed by atoms with Crippen LogP contribution in [0.1, 0.15) is 59.8 Å². The minimum Gasteiger partial charge on any atom is -0.444 e. The fourth-order valence-electron chi connectivity index (χ4n) is 4.53. The molecule has 7 heteroatoms. The molecule has 2 aliphatic heterocycles. The fraction of sp³-hybridized carbons (Fsp3) is 0.692. The Labute approximate surface area is 199 Å². The molecule has 1 aromatic carbocycles. The van der Waals surface area contributed by atoms with Crippen LogP contribution in [0.2, 0.25) is 0 Å². The molecular weight excluding hydrogens is 416 g/mol. The second-order valence-electron chi connectivity index (χ2n) is 10.4. The first-order chi connectivity index (χ1) is 15.7. The van der Waals surface area contributed by atoms with Crippen LogP contribution < -0.4 is 10.2 Å². The van der Waals surface area contributed by atoms with Crippen LogP contribution in [-0.4, -0.2) is 73.2 Å². The number of amides is 2. The van der Waals surface area contributed by atoms with Crippen molar-refractivity contribution in [3.05, 3.63) is 24.3 Å². The summed E-state index contributed by atoms with van der Waals surface area (Å²) in [6.07, 6.45) is 4.59. The standard InChI is InChI=1S/C26H42N4O3/c1-5-6-24(31)27-22-7-9-23(10-8-22)29-19-17-28(18-20-29)14-11-21-12-15-30(16-13-21)25(32)33-26(2,3)4/h7-10,21H,5-6,11-20H2,1-4H3,(H,27,31). The Bertz CT molecular complexity index is 759. The number of carbonyl (C=O) groups is 2. The minimum absolute atomic E-state index is 0.0781. The average Bonchev–Trinajstić information content (AvgIpc) is 2.78. The van der Waals surface area contributed by atoms with E-state index < -0.39 is 5.60 Å². The second-order valence-corrected chi connectivity index (χ2v) is 10.4. The topological polar surface area (TPSA) is 65.1 Å². The van der Waals surface area contributed by atoms with E-state index in [0.717, 1.165) is 70.8 Å². The van der Waals surface area contributed by atoms with E-state index in [0.29, 0.717) is 12.3 Å². The van der Waals surface area contributed by atoms with Crippen molar-refractivity contribution in [2.24, 2.45) is 5.92 Å². The zero-order chi connectivity index (χ0) is 23.8. The van der Waals surface area contributed by atoms with E-state index in [1.54, 1.807) is 0 Å². The molecule has 0 bridgehead atoms. The molecule has 2 fully saturated rings. The second kappa shape index (κ2) is 11.7. The van der Waals surface area contributed by atoms with Gasteiger partial charge in [-0.1, -0.05) is 6.92 Å². The number of benzene rings is 1. The van der Waals surface area contributed by atoms with Crippen molar-refractivity contribution < 1.29 is 14.3 Å². The lowest BCUT2D eigenvalue weighted by Gasteiger charge is -2.38. The third kappa shape index (κ3) is 8.22. The van der Waals surface area contributed by atoms with Gasteiger partial charge in [0.05, 0.1) is 0 Å². The number of ether oxygens (including phenoxy) is 1. The molecule has 0 atom stereocenters. The van der Waals surface area contributed by atoms with E-state index in [1.165, 1.54) is 12.1 Å². The zero-order valence-corrected chi connectivity index (χ0v) is 20.9. The van der Waals surface area contributed by atoms with E-state index in [4.69, 9.17) is 4.74 Å². The summed E-state index contributed by atoms with van der Waals surface area (Å²) in [5, 5.41) is 2.95. The number of rotatable bonds is 7. The van der Waals surface area contributed by atoms with Gasteiger partial charge < -0.3 is 19.9 Å². The maximum atomic E-state index is 12.2. The van der Waals surface area contributed by atoms with Gasteiger partial charge in [-0.2, -0.15) is 0 Å². The molecular formula is C26H42N4O3. The third-order valence-corrected chi connectivity index (χ3v) is 6.49. The first kappa shape index (κ1) is 25.3. The lowest BCUT2D eigenvalue weighted by atomic mass is 9.93. The largest absolute Gasteiger partial charge is 0.444 e. The van der Waals surface area contributed by atoms with Gasteiger partial charge in [0.25, 0.3) is 0 Å². The van der Waals surface area contributed by atoms with E-state index in [1.807, 2.05) is 44.7 Å². The van der Waals surface area contributed by atoms with Crippen LogP contribution in [0.25, 0.3) is 0 Å². The molecule has 2 aliphatic rings. The summed E-state index contributed by atoms with van der Waals surface area (Å²) in [5.41, 5.74) is 1.66. The molecule has 3 rings (SSSR count). The van der Waals surface area contributed by atoms with Crippen molar-refractivity contribution in [3.63, 3.8) is 0 Å². The zero-order valence-electron chi connectivity index (χ0n) is 20.9. The van der Waals surface area contributed by atoms with Crippen molar-refractivity contribution >= 4 is 23.4 Å². The highest BCUT2D eigenvalue weighted by Gasteiger charge is 2.27. The lowest BCUT2D eigenvalue weighted by Crippen LogP contribution is -2.47. The number of piperidine rings is 1. The van der Waals surface area contributed by atoms with Crippen molar-refractivity contribution in [3.8, 4) is 0 Å². The first-order valence-corrected chi connectivity index (χ1v) is 12.6. The van der Waals surface area contributed by atoms with Crippen LogP contribution in [0.4, 0.5) is 16.2 Å². The summed E-state index contributed by atoms with van der Waals surface area (Å²) in [7, 11) is 0. The van der Waals surface area contributed by atoms with Crippen LogP contribution >= 0.6 is 0 Å². The molecule has 0 aromatic heterocycles. The predicted octanol–water partition coefficient (Wildman–Crippen LogP) is 4.58. The van der Waals surface area contributed by atoms with E-state index >= 15 is 0 Å². The molecule has 0 unspecified atom stereocenters. The SMILES string of the molecule is CCCC(=O)Nc1ccc(N2CCN(CCC3CCN(C(=O)OC(C)(C)C)CC3)CC2)cc1. The summed E-state index contributed by atoms with van der Waals surface area (Å²) < 4.78 is 5.50. The average molecular weight is 459 g/mol. The van der Waals surface area contributed by atoms with Crippen LogP contribution in [0.3, 0.4) is 0 Å². The molecule has 7 nitrogen and oxygen atoms in total. The molecule has 2 saturated heterocycles. The molecule has 0 spiro atoms. The molecule has 1 N–H and O–H groups in total. The van der Waals surface area contributed by atoms with Crippen molar-refractivity contribution in [2.45, 2.75) is 65.4 Å². The quantitative estimate of drug-likeness (QED) is 0.648. The van der Waals surface area contributed by atoms with Crippen LogP contribution in [0, 0.1) is 5.92 Å². The normalized spacial score (nSPS) is 18.3. The minimum atomic E-state index is -0.428. The molecule has 0 aliphatic carbocycles. The number of carbonyl (C=O) groups excluding carboxylic acids is 2. The molecule has 0 radical (unpaired) electrons. The number of hydrogen-bond acceptors (Lipinski definition) is 5. The Kier molecular flexibility index (Phi) is 9.01. The number of hydrogen-bond donors (Lipinski definition) is 1. The van der Waals surface area contributed by atoms with Gasteiger partial charge >= 0.3 is 6.09 Å². The van der Waals surface area contributed by atoms with E-state index in [9.17, 15) is 9.59 Å². The van der Waals surface area contributed by atoms with Crippen molar-refractivity contribution in [1.29, 1.82) is 0 Å². The van der Waals surface area contributed by atoms with Gasteiger partial charge in [0.15, 0.2) is 0 Å².